The van der Waals surface area contributed by atoms with Crippen molar-refractivity contribution in [1.82, 2.24) is 0 Å². The molecule has 0 amide bonds. The fourth-order valence-corrected chi connectivity index (χ4v) is 3.34. The molecular weight excluding hydrogens is 404 g/mol. The van der Waals surface area contributed by atoms with Crippen LogP contribution in [0.25, 0.3) is 0 Å². The normalized spacial score (nSPS) is 11.1. The van der Waals surface area contributed by atoms with Gasteiger partial charge >= 0.3 is 0 Å². The Morgan fingerprint density at radius 1 is 1.16 bits per heavy atom. The molecule has 0 N–H and O–H groups in total. The number of hydrogen-bond donors (Lipinski definition) is 0. The van der Waals surface area contributed by atoms with Crippen LogP contribution < -0.4 is 0 Å². The van der Waals surface area contributed by atoms with Crippen molar-refractivity contribution in [3.63, 3.8) is 0 Å². The molecule has 0 radical (unpaired) electrons. The van der Waals surface area contributed by atoms with Gasteiger partial charge in [0.25, 0.3) is 5.69 Å². The van der Waals surface area contributed by atoms with Gasteiger partial charge in [0.15, 0.2) is 5.09 Å². The number of nitro benzene ring substituents is 1. The lowest BCUT2D eigenvalue weighted by molar-refractivity contribution is -0.384. The van der Waals surface area contributed by atoms with Crippen molar-refractivity contribution in [1.29, 1.82) is 0 Å². The average Bonchev–Trinajstić information content (AvgIpc) is 2.95. The third kappa shape index (κ3) is 4.58. The minimum atomic E-state index is -0.439. The Morgan fingerprint density at radius 3 is 2.48 bits per heavy atom. The van der Waals surface area contributed by atoms with Gasteiger partial charge in [-0.2, -0.15) is 0 Å². The van der Waals surface area contributed by atoms with E-state index in [9.17, 15) is 10.1 Å². The van der Waals surface area contributed by atoms with Gasteiger partial charge in [-0.15, -0.1) is 0 Å². The lowest BCUT2D eigenvalue weighted by Crippen LogP contribution is -1.85. The second-order valence-corrected chi connectivity index (χ2v) is 7.13. The fraction of sp³-hybridized carbons (Fsp3) is 0.0556. The molecule has 0 bridgehead atoms. The molecule has 0 atom stereocenters. The fourth-order valence-electron chi connectivity index (χ4n) is 2.01. The maximum atomic E-state index is 10.6. The van der Waals surface area contributed by atoms with E-state index in [1.54, 1.807) is 18.3 Å². The van der Waals surface area contributed by atoms with Crippen molar-refractivity contribution in [2.24, 2.45) is 4.99 Å². The summed E-state index contributed by atoms with van der Waals surface area (Å²) in [5.41, 5.74) is 1.86. The number of rotatable bonds is 5. The molecule has 5 nitrogen and oxygen atoms in total. The van der Waals surface area contributed by atoms with E-state index in [1.807, 2.05) is 25.1 Å². The van der Waals surface area contributed by atoms with E-state index in [0.717, 1.165) is 14.5 Å². The first-order valence-corrected chi connectivity index (χ1v) is 8.94. The quantitative estimate of drug-likeness (QED) is 0.283. The molecule has 0 saturated carbocycles. The molecule has 3 aromatic rings. The zero-order valence-electron chi connectivity index (χ0n) is 13.2. The summed E-state index contributed by atoms with van der Waals surface area (Å²) in [7, 11) is 0. The minimum Gasteiger partial charge on any atom is -0.447 e. The first-order valence-electron chi connectivity index (χ1n) is 7.33. The highest BCUT2D eigenvalue weighted by molar-refractivity contribution is 9.10. The standard InChI is InChI=1S/C18H13BrN2O3S/c1-12-2-8-16(9-3-12)25-18-17(19)10-15(24-18)11-20-13-4-6-14(7-5-13)21(22)23/h2-11H,1H3. The highest BCUT2D eigenvalue weighted by atomic mass is 79.9. The summed E-state index contributed by atoms with van der Waals surface area (Å²) in [6.45, 7) is 2.05. The molecule has 0 spiro atoms. The summed E-state index contributed by atoms with van der Waals surface area (Å²) in [6.07, 6.45) is 1.59. The Morgan fingerprint density at radius 2 is 1.84 bits per heavy atom. The Balaban J connectivity index is 1.73. The largest absolute Gasteiger partial charge is 0.447 e. The summed E-state index contributed by atoms with van der Waals surface area (Å²) in [5, 5.41) is 11.4. The van der Waals surface area contributed by atoms with Crippen LogP contribution in [0, 0.1) is 17.0 Å². The third-order valence-electron chi connectivity index (χ3n) is 3.31. The first-order chi connectivity index (χ1) is 12.0. The zero-order chi connectivity index (χ0) is 17.8. The molecule has 1 aromatic heterocycles. The summed E-state index contributed by atoms with van der Waals surface area (Å²) in [6, 6.07) is 16.0. The van der Waals surface area contributed by atoms with E-state index < -0.39 is 4.92 Å². The van der Waals surface area contributed by atoms with Crippen LogP contribution in [-0.4, -0.2) is 11.1 Å². The number of hydrogen-bond acceptors (Lipinski definition) is 5. The molecule has 2 aromatic carbocycles. The van der Waals surface area contributed by atoms with Gasteiger partial charge in [0, 0.05) is 23.1 Å². The Bertz CT molecular complexity index is 918. The van der Waals surface area contributed by atoms with Crippen LogP contribution in [0.2, 0.25) is 0 Å². The molecule has 3 rings (SSSR count). The van der Waals surface area contributed by atoms with Gasteiger partial charge in [-0.25, -0.2) is 0 Å². The smallest absolute Gasteiger partial charge is 0.269 e. The topological polar surface area (TPSA) is 68.6 Å². The van der Waals surface area contributed by atoms with Gasteiger partial charge in [0.05, 0.1) is 21.3 Å². The second-order valence-electron chi connectivity index (χ2n) is 5.23. The summed E-state index contributed by atoms with van der Waals surface area (Å²) in [5.74, 6) is 0.597. The van der Waals surface area contributed by atoms with Crippen LogP contribution in [0.15, 0.2) is 78.5 Å². The Hall–Kier alpha value is -2.38. The molecular formula is C18H13BrN2O3S. The summed E-state index contributed by atoms with van der Waals surface area (Å²) < 4.78 is 6.64. The molecule has 0 aliphatic carbocycles. The van der Waals surface area contributed by atoms with Gasteiger partial charge in [0.2, 0.25) is 0 Å². The van der Waals surface area contributed by atoms with Gasteiger partial charge in [-0.3, -0.25) is 15.1 Å². The number of benzene rings is 2. The molecule has 126 valence electrons. The maximum Gasteiger partial charge on any atom is 0.269 e. The highest BCUT2D eigenvalue weighted by Crippen LogP contribution is 2.35. The van der Waals surface area contributed by atoms with Crippen molar-refractivity contribution in [2.45, 2.75) is 16.9 Å². The molecule has 0 aliphatic rings. The van der Waals surface area contributed by atoms with E-state index in [-0.39, 0.29) is 5.69 Å². The minimum absolute atomic E-state index is 0.0384. The predicted molar refractivity (Wildman–Crippen MR) is 102 cm³/mol. The predicted octanol–water partition coefficient (Wildman–Crippen LogP) is 6.16. The van der Waals surface area contributed by atoms with Crippen LogP contribution in [-0.2, 0) is 0 Å². The Kier molecular flexibility index (Phi) is 5.35. The van der Waals surface area contributed by atoms with E-state index in [2.05, 4.69) is 33.1 Å². The second kappa shape index (κ2) is 7.67. The molecule has 0 fully saturated rings. The van der Waals surface area contributed by atoms with Gasteiger partial charge in [0.1, 0.15) is 5.76 Å². The zero-order valence-corrected chi connectivity index (χ0v) is 15.6. The number of aryl methyl sites for hydroxylation is 1. The third-order valence-corrected chi connectivity index (χ3v) is 5.16. The summed E-state index contributed by atoms with van der Waals surface area (Å²) in [4.78, 5) is 15.6. The molecule has 0 saturated heterocycles. The summed E-state index contributed by atoms with van der Waals surface area (Å²) >= 11 is 5.01. The number of nitro groups is 1. The number of nitrogens with zero attached hydrogens (tertiary/aromatic N) is 2. The SMILES string of the molecule is Cc1ccc(Sc2oc(C=Nc3ccc([N+](=O)[O-])cc3)cc2Br)cc1. The molecule has 0 unspecified atom stereocenters. The van der Waals surface area contributed by atoms with Crippen molar-refractivity contribution >= 4 is 45.3 Å². The van der Waals surface area contributed by atoms with Crippen LogP contribution in [0.4, 0.5) is 11.4 Å². The van der Waals surface area contributed by atoms with Gasteiger partial charge < -0.3 is 4.42 Å². The number of halogens is 1. The monoisotopic (exact) mass is 416 g/mol. The first kappa shape index (κ1) is 17.4. The van der Waals surface area contributed by atoms with Gasteiger partial charge in [-0.1, -0.05) is 29.5 Å². The number of aliphatic imine (C=N–C) groups is 1. The van der Waals surface area contributed by atoms with Gasteiger partial charge in [-0.05, 0) is 47.1 Å². The maximum absolute atomic E-state index is 10.6. The van der Waals surface area contributed by atoms with E-state index in [0.29, 0.717) is 11.4 Å². The molecule has 7 heteroatoms. The van der Waals surface area contributed by atoms with Crippen LogP contribution in [0.5, 0.6) is 0 Å². The lowest BCUT2D eigenvalue weighted by Gasteiger charge is -1.99. The Labute approximate surface area is 157 Å². The van der Waals surface area contributed by atoms with E-state index in [1.165, 1.54) is 29.5 Å². The van der Waals surface area contributed by atoms with Crippen LogP contribution in [0.1, 0.15) is 11.3 Å². The number of non-ortho nitro benzene ring substituents is 1. The molecule has 0 aliphatic heterocycles. The van der Waals surface area contributed by atoms with E-state index >= 15 is 0 Å². The number of furan rings is 1. The lowest BCUT2D eigenvalue weighted by atomic mass is 10.2. The average molecular weight is 417 g/mol. The highest BCUT2D eigenvalue weighted by Gasteiger charge is 2.10. The van der Waals surface area contributed by atoms with Crippen molar-refractivity contribution in [3.05, 3.63) is 80.5 Å². The van der Waals surface area contributed by atoms with Crippen molar-refractivity contribution in [3.8, 4) is 0 Å². The van der Waals surface area contributed by atoms with Crippen LogP contribution >= 0.6 is 27.7 Å². The van der Waals surface area contributed by atoms with Crippen molar-refractivity contribution in [2.75, 3.05) is 0 Å². The van der Waals surface area contributed by atoms with Crippen LogP contribution in [0.3, 0.4) is 0 Å². The molecule has 25 heavy (non-hydrogen) atoms. The molecule has 1 heterocycles. The van der Waals surface area contributed by atoms with E-state index in [4.69, 9.17) is 4.42 Å². The van der Waals surface area contributed by atoms with Crippen molar-refractivity contribution < 1.29 is 9.34 Å².